The van der Waals surface area contributed by atoms with Crippen molar-refractivity contribution in [2.45, 2.75) is 44.2 Å². The fourth-order valence-corrected chi connectivity index (χ4v) is 5.56. The molecule has 3 rings (SSSR count). The third-order valence-electron chi connectivity index (χ3n) is 6.33. The number of hydrogen-bond acceptors (Lipinski definition) is 5. The molecule has 2 aromatic rings. The van der Waals surface area contributed by atoms with Gasteiger partial charge in [-0.15, -0.1) is 0 Å². The fraction of sp³-hybridized carbons (Fsp3) is 0.345. The SMILES string of the molecule is C=O.CNC(=O)C1C=C(F)C(CSc2ncc(C(C)(C)C/C=C\C(Cl)=C(/C)OC)n2-c2ccc(F)cc2)=C(Cl)C1. The van der Waals surface area contributed by atoms with Crippen LogP contribution in [0.5, 0.6) is 0 Å². The summed E-state index contributed by atoms with van der Waals surface area (Å²) in [6.07, 6.45) is 7.72. The Balaban J connectivity index is 0.00000274. The number of thioether (sulfide) groups is 1. The van der Waals surface area contributed by atoms with Crippen molar-refractivity contribution in [2.24, 2.45) is 5.92 Å². The number of carbonyl (C=O) groups excluding carboxylic acids is 2. The van der Waals surface area contributed by atoms with E-state index in [1.165, 1.54) is 37.0 Å². The number of amides is 1. The highest BCUT2D eigenvalue weighted by Gasteiger charge is 2.29. The topological polar surface area (TPSA) is 73.2 Å². The van der Waals surface area contributed by atoms with Crippen molar-refractivity contribution in [3.05, 3.63) is 87.4 Å². The lowest BCUT2D eigenvalue weighted by Gasteiger charge is -2.26. The number of carbonyl (C=O) groups is 2. The number of ether oxygens (including phenoxy) is 1. The summed E-state index contributed by atoms with van der Waals surface area (Å²) in [7, 11) is 3.07. The molecular weight excluding hydrogens is 579 g/mol. The molecule has 11 heteroatoms. The van der Waals surface area contributed by atoms with Gasteiger partial charge in [0.05, 0.1) is 24.3 Å². The molecule has 1 aliphatic rings. The van der Waals surface area contributed by atoms with Gasteiger partial charge in [-0.05, 0) is 56.2 Å². The van der Waals surface area contributed by atoms with Gasteiger partial charge in [0.15, 0.2) is 5.16 Å². The molecule has 0 saturated carbocycles. The van der Waals surface area contributed by atoms with Crippen molar-refractivity contribution in [2.75, 3.05) is 19.9 Å². The number of methoxy groups -OCH3 is 1. The van der Waals surface area contributed by atoms with E-state index in [1.807, 2.05) is 17.4 Å². The Bertz CT molecular complexity index is 1320. The molecule has 6 nitrogen and oxygen atoms in total. The lowest BCUT2D eigenvalue weighted by atomic mass is 9.85. The zero-order valence-electron chi connectivity index (χ0n) is 23.1. The van der Waals surface area contributed by atoms with Crippen molar-refractivity contribution < 1.29 is 23.1 Å². The van der Waals surface area contributed by atoms with Gasteiger partial charge in [-0.1, -0.05) is 54.9 Å². The molecule has 0 bridgehead atoms. The summed E-state index contributed by atoms with van der Waals surface area (Å²) >= 11 is 14.0. The first kappa shape index (κ1) is 33.3. The van der Waals surface area contributed by atoms with E-state index in [2.05, 4.69) is 24.1 Å². The zero-order chi connectivity index (χ0) is 30.0. The Morgan fingerprint density at radius 1 is 1.30 bits per heavy atom. The molecule has 1 heterocycles. The van der Waals surface area contributed by atoms with Gasteiger partial charge in [0.2, 0.25) is 5.91 Å². The summed E-state index contributed by atoms with van der Waals surface area (Å²) in [5.41, 5.74) is 1.57. The van der Waals surface area contributed by atoms with Crippen LogP contribution in [-0.2, 0) is 19.7 Å². The number of aromatic nitrogens is 2. The normalized spacial score (nSPS) is 16.2. The molecule has 1 unspecified atom stereocenters. The second-order valence-electron chi connectivity index (χ2n) is 9.45. The standard InChI is InChI=1S/C28H31Cl2F2N3O2S.CH2O/c1-17(37-5)22(29)7-6-12-28(2,3)25-15-34-27(35(25)20-10-8-19(31)9-11-20)38-16-21-23(30)13-18(14-24(21)32)26(36)33-4;1-2/h6-11,14-15,18H,12-13,16H2,1-5H3,(H,33,36);1H2/b7-6-,22-17-;. The van der Waals surface area contributed by atoms with E-state index in [1.54, 1.807) is 38.4 Å². The summed E-state index contributed by atoms with van der Waals surface area (Å²) in [5.74, 6) is -0.945. The number of benzene rings is 1. The Morgan fingerprint density at radius 3 is 2.52 bits per heavy atom. The quantitative estimate of drug-likeness (QED) is 0.172. The first-order valence-corrected chi connectivity index (χ1v) is 14.0. The van der Waals surface area contributed by atoms with E-state index in [0.29, 0.717) is 33.0 Å². The van der Waals surface area contributed by atoms with Crippen LogP contribution in [0.4, 0.5) is 8.78 Å². The lowest BCUT2D eigenvalue weighted by molar-refractivity contribution is -0.123. The van der Waals surface area contributed by atoms with E-state index in [-0.39, 0.29) is 29.3 Å². The number of rotatable bonds is 10. The van der Waals surface area contributed by atoms with Crippen molar-refractivity contribution >= 4 is 47.7 Å². The van der Waals surface area contributed by atoms with E-state index in [0.717, 1.165) is 11.4 Å². The number of nitrogens with zero attached hydrogens (tertiary/aromatic N) is 2. The molecule has 40 heavy (non-hydrogen) atoms. The van der Waals surface area contributed by atoms with Crippen LogP contribution in [0.1, 0.15) is 39.3 Å². The fourth-order valence-electron chi connectivity index (χ4n) is 3.95. The Kier molecular flexibility index (Phi) is 12.7. The molecule has 1 aromatic carbocycles. The largest absolute Gasteiger partial charge is 0.500 e. The predicted octanol–water partition coefficient (Wildman–Crippen LogP) is 7.37. The van der Waals surface area contributed by atoms with Crippen molar-refractivity contribution in [3.8, 4) is 5.69 Å². The van der Waals surface area contributed by atoms with Gasteiger partial charge in [-0.25, -0.2) is 13.8 Å². The van der Waals surface area contributed by atoms with E-state index < -0.39 is 11.7 Å². The minimum absolute atomic E-state index is 0.219. The maximum absolute atomic E-state index is 14.9. The van der Waals surface area contributed by atoms with Gasteiger partial charge >= 0.3 is 0 Å². The number of hydrogen-bond donors (Lipinski definition) is 1. The molecule has 1 N–H and O–H groups in total. The van der Waals surface area contributed by atoms with Crippen LogP contribution in [0.25, 0.3) is 5.69 Å². The highest BCUT2D eigenvalue weighted by atomic mass is 35.5. The molecule has 1 amide bonds. The zero-order valence-corrected chi connectivity index (χ0v) is 25.4. The van der Waals surface area contributed by atoms with E-state index >= 15 is 0 Å². The third kappa shape index (κ3) is 8.32. The Morgan fingerprint density at radius 2 is 1.95 bits per heavy atom. The van der Waals surface area contributed by atoms with Crippen LogP contribution in [0.15, 0.2) is 81.1 Å². The molecule has 0 saturated heterocycles. The van der Waals surface area contributed by atoms with Crippen molar-refractivity contribution in [1.82, 2.24) is 14.9 Å². The molecule has 0 aliphatic heterocycles. The molecule has 0 radical (unpaired) electrons. The van der Waals surface area contributed by atoms with Crippen LogP contribution in [0.2, 0.25) is 0 Å². The van der Waals surface area contributed by atoms with E-state index in [9.17, 15) is 13.6 Å². The summed E-state index contributed by atoms with van der Waals surface area (Å²) in [4.78, 5) is 24.6. The van der Waals surface area contributed by atoms with Gasteiger partial charge in [0, 0.05) is 40.2 Å². The van der Waals surface area contributed by atoms with Crippen molar-refractivity contribution in [1.29, 1.82) is 0 Å². The summed E-state index contributed by atoms with van der Waals surface area (Å²) in [6.45, 7) is 7.94. The monoisotopic (exact) mass is 611 g/mol. The van der Waals surface area contributed by atoms with Gasteiger partial charge < -0.3 is 14.8 Å². The maximum Gasteiger partial charge on any atom is 0.227 e. The first-order chi connectivity index (χ1) is 19.0. The van der Waals surface area contributed by atoms with Crippen LogP contribution in [0, 0.1) is 11.7 Å². The molecule has 1 atom stereocenters. The molecular formula is C29H33Cl2F2N3O3S. The maximum atomic E-state index is 14.9. The predicted molar refractivity (Wildman–Crippen MR) is 158 cm³/mol. The number of allylic oxidation sites excluding steroid dienone is 6. The van der Waals surface area contributed by atoms with Gasteiger partial charge in [0.1, 0.15) is 24.2 Å². The molecule has 0 fully saturated rings. The minimum Gasteiger partial charge on any atom is -0.500 e. The second kappa shape index (κ2) is 15.2. The smallest absolute Gasteiger partial charge is 0.227 e. The highest BCUT2D eigenvalue weighted by molar-refractivity contribution is 7.99. The third-order valence-corrected chi connectivity index (χ3v) is 8.09. The van der Waals surface area contributed by atoms with Crippen LogP contribution >= 0.6 is 35.0 Å². The lowest BCUT2D eigenvalue weighted by Crippen LogP contribution is -2.27. The van der Waals surface area contributed by atoms with Gasteiger partial charge in [0.25, 0.3) is 0 Å². The average Bonchev–Trinajstić information content (AvgIpc) is 3.37. The molecule has 0 spiro atoms. The van der Waals surface area contributed by atoms with Crippen molar-refractivity contribution in [3.63, 3.8) is 0 Å². The van der Waals surface area contributed by atoms with Crippen LogP contribution in [-0.4, -0.2) is 42.2 Å². The number of nitrogens with one attached hydrogen (secondary N) is 1. The van der Waals surface area contributed by atoms with Gasteiger partial charge in [-0.2, -0.15) is 0 Å². The van der Waals surface area contributed by atoms with Crippen LogP contribution < -0.4 is 5.32 Å². The minimum atomic E-state index is -0.640. The number of imidazole rings is 1. The second-order valence-corrected chi connectivity index (χ2v) is 11.3. The highest BCUT2D eigenvalue weighted by Crippen LogP contribution is 2.38. The summed E-state index contributed by atoms with van der Waals surface area (Å²) in [5, 5.41) is 3.96. The average molecular weight is 613 g/mol. The molecule has 1 aliphatic carbocycles. The first-order valence-electron chi connectivity index (χ1n) is 12.3. The molecule has 216 valence electrons. The van der Waals surface area contributed by atoms with E-state index in [4.69, 9.17) is 32.7 Å². The summed E-state index contributed by atoms with van der Waals surface area (Å²) < 4.78 is 35.8. The Hall–Kier alpha value is -2.88. The Labute approximate surface area is 248 Å². The molecule has 1 aromatic heterocycles. The van der Waals surface area contributed by atoms with Crippen LogP contribution in [0.3, 0.4) is 0 Å². The summed E-state index contributed by atoms with van der Waals surface area (Å²) in [6, 6.07) is 6.14. The van der Waals surface area contributed by atoms with Gasteiger partial charge in [-0.3, -0.25) is 9.36 Å². The number of halogens is 4.